The van der Waals surface area contributed by atoms with Gasteiger partial charge in [-0.05, 0) is 48.4 Å². The Labute approximate surface area is 177 Å². The average Bonchev–Trinajstić information content (AvgIpc) is 3.09. The maximum absolute atomic E-state index is 5.85. The SMILES string of the molecule is COc1ccc(Cc2nc3ccccc3n2CCCOc2ccccc2)cc1.[Cl-]. The topological polar surface area (TPSA) is 36.3 Å². The van der Waals surface area contributed by atoms with Crippen molar-refractivity contribution in [2.75, 3.05) is 13.7 Å². The first-order chi connectivity index (χ1) is 13.8. The highest BCUT2D eigenvalue weighted by molar-refractivity contribution is 5.76. The molecule has 4 nitrogen and oxygen atoms in total. The van der Waals surface area contributed by atoms with Crippen LogP contribution in [0.4, 0.5) is 0 Å². The van der Waals surface area contributed by atoms with Gasteiger partial charge in [0.15, 0.2) is 0 Å². The number of halogens is 1. The van der Waals surface area contributed by atoms with Crippen LogP contribution in [-0.4, -0.2) is 23.3 Å². The molecule has 0 saturated carbocycles. The van der Waals surface area contributed by atoms with Crippen molar-refractivity contribution in [1.29, 1.82) is 0 Å². The van der Waals surface area contributed by atoms with Crippen LogP contribution in [0.15, 0.2) is 78.9 Å². The summed E-state index contributed by atoms with van der Waals surface area (Å²) < 4.78 is 13.4. The lowest BCUT2D eigenvalue weighted by atomic mass is 10.1. The molecule has 0 aliphatic rings. The molecule has 0 saturated heterocycles. The Hall–Kier alpha value is -2.98. The number of rotatable bonds is 8. The van der Waals surface area contributed by atoms with Gasteiger partial charge in [-0.15, -0.1) is 0 Å². The van der Waals surface area contributed by atoms with E-state index in [1.807, 2.05) is 48.5 Å². The van der Waals surface area contributed by atoms with Gasteiger partial charge in [-0.1, -0.05) is 42.5 Å². The zero-order valence-electron chi connectivity index (χ0n) is 16.4. The van der Waals surface area contributed by atoms with E-state index in [0.717, 1.165) is 42.2 Å². The Morgan fingerprint density at radius 3 is 2.31 bits per heavy atom. The van der Waals surface area contributed by atoms with Gasteiger partial charge >= 0.3 is 0 Å². The molecule has 3 aromatic carbocycles. The van der Waals surface area contributed by atoms with Crippen LogP contribution in [0.3, 0.4) is 0 Å². The van der Waals surface area contributed by atoms with Crippen molar-refractivity contribution < 1.29 is 21.9 Å². The van der Waals surface area contributed by atoms with E-state index in [4.69, 9.17) is 14.5 Å². The van der Waals surface area contributed by atoms with Crippen LogP contribution in [0, 0.1) is 0 Å². The second kappa shape index (κ2) is 9.99. The Morgan fingerprint density at radius 2 is 1.55 bits per heavy atom. The molecule has 29 heavy (non-hydrogen) atoms. The number of aryl methyl sites for hydroxylation is 1. The van der Waals surface area contributed by atoms with Gasteiger partial charge in [0, 0.05) is 13.0 Å². The van der Waals surface area contributed by atoms with Gasteiger partial charge in [-0.3, -0.25) is 0 Å². The Morgan fingerprint density at radius 1 is 0.828 bits per heavy atom. The minimum Gasteiger partial charge on any atom is -1.00 e. The zero-order chi connectivity index (χ0) is 19.2. The molecule has 150 valence electrons. The van der Waals surface area contributed by atoms with Crippen LogP contribution >= 0.6 is 0 Å². The van der Waals surface area contributed by atoms with Gasteiger partial charge in [0.25, 0.3) is 0 Å². The summed E-state index contributed by atoms with van der Waals surface area (Å²) in [6.45, 7) is 1.55. The van der Waals surface area contributed by atoms with Crippen molar-refractivity contribution in [1.82, 2.24) is 9.55 Å². The summed E-state index contributed by atoms with van der Waals surface area (Å²) in [6, 6.07) is 26.5. The van der Waals surface area contributed by atoms with Crippen molar-refractivity contribution in [3.05, 3.63) is 90.3 Å². The van der Waals surface area contributed by atoms with Crippen molar-refractivity contribution in [2.45, 2.75) is 19.4 Å². The molecule has 5 heteroatoms. The number of hydrogen-bond acceptors (Lipinski definition) is 3. The molecule has 0 atom stereocenters. The summed E-state index contributed by atoms with van der Waals surface area (Å²) in [6.07, 6.45) is 1.71. The standard InChI is InChI=1S/C24H24N2O2.ClH/c1-27-20-14-12-19(13-15-20)18-24-25-22-10-5-6-11-23(22)26(24)16-7-17-28-21-8-3-2-4-9-21;/h2-6,8-15H,7,16-18H2,1H3;1H/p-1. The third-order valence-electron chi connectivity index (χ3n) is 4.79. The number of methoxy groups -OCH3 is 1. The molecule has 1 aromatic heterocycles. The third-order valence-corrected chi connectivity index (χ3v) is 4.79. The van der Waals surface area contributed by atoms with E-state index in [2.05, 4.69) is 34.9 Å². The zero-order valence-corrected chi connectivity index (χ0v) is 17.2. The number of fused-ring (bicyclic) bond motifs is 1. The molecular formula is C24H24ClN2O2-. The average molecular weight is 408 g/mol. The molecule has 0 bridgehead atoms. The largest absolute Gasteiger partial charge is 1.00 e. The monoisotopic (exact) mass is 407 g/mol. The van der Waals surface area contributed by atoms with E-state index in [1.165, 1.54) is 11.1 Å². The molecule has 0 unspecified atom stereocenters. The summed E-state index contributed by atoms with van der Waals surface area (Å²) in [5.41, 5.74) is 3.43. The lowest BCUT2D eigenvalue weighted by Gasteiger charge is -2.11. The molecule has 4 aromatic rings. The lowest BCUT2D eigenvalue weighted by molar-refractivity contribution is -0.00000653. The quantitative estimate of drug-likeness (QED) is 0.420. The Bertz CT molecular complexity index is 1030. The normalized spacial score (nSPS) is 10.5. The molecular weight excluding hydrogens is 384 g/mol. The minimum absolute atomic E-state index is 0. The summed E-state index contributed by atoms with van der Waals surface area (Å²) >= 11 is 0. The maximum atomic E-state index is 5.85. The highest BCUT2D eigenvalue weighted by Crippen LogP contribution is 2.20. The first-order valence-corrected chi connectivity index (χ1v) is 9.58. The van der Waals surface area contributed by atoms with Gasteiger partial charge in [-0.2, -0.15) is 0 Å². The summed E-state index contributed by atoms with van der Waals surface area (Å²) in [7, 11) is 1.69. The fraction of sp³-hybridized carbons (Fsp3) is 0.208. The van der Waals surface area contributed by atoms with Crippen LogP contribution in [0.2, 0.25) is 0 Å². The van der Waals surface area contributed by atoms with Crippen LogP contribution in [0.1, 0.15) is 17.8 Å². The fourth-order valence-electron chi connectivity index (χ4n) is 3.37. The number of aromatic nitrogens is 2. The van der Waals surface area contributed by atoms with Crippen molar-refractivity contribution in [3.63, 3.8) is 0 Å². The molecule has 0 radical (unpaired) electrons. The number of imidazole rings is 1. The molecule has 4 rings (SSSR count). The van der Waals surface area contributed by atoms with Crippen LogP contribution < -0.4 is 21.9 Å². The first-order valence-electron chi connectivity index (χ1n) is 9.58. The molecule has 0 spiro atoms. The summed E-state index contributed by atoms with van der Waals surface area (Å²) in [5.74, 6) is 2.86. The second-order valence-electron chi connectivity index (χ2n) is 6.71. The highest BCUT2D eigenvalue weighted by Gasteiger charge is 2.11. The van der Waals surface area contributed by atoms with Gasteiger partial charge in [0.2, 0.25) is 0 Å². The van der Waals surface area contributed by atoms with Crippen molar-refractivity contribution in [3.8, 4) is 11.5 Å². The second-order valence-corrected chi connectivity index (χ2v) is 6.71. The van der Waals surface area contributed by atoms with Crippen molar-refractivity contribution >= 4 is 11.0 Å². The third kappa shape index (κ3) is 5.09. The van der Waals surface area contributed by atoms with E-state index in [9.17, 15) is 0 Å². The number of benzene rings is 3. The number of nitrogens with zero attached hydrogens (tertiary/aromatic N) is 2. The van der Waals surface area contributed by atoms with E-state index >= 15 is 0 Å². The van der Waals surface area contributed by atoms with E-state index in [0.29, 0.717) is 6.61 Å². The van der Waals surface area contributed by atoms with E-state index < -0.39 is 0 Å². The number of ether oxygens (including phenoxy) is 2. The van der Waals surface area contributed by atoms with Gasteiger partial charge < -0.3 is 26.4 Å². The lowest BCUT2D eigenvalue weighted by Crippen LogP contribution is -3.00. The fourth-order valence-corrected chi connectivity index (χ4v) is 3.37. The summed E-state index contributed by atoms with van der Waals surface area (Å²) in [5, 5.41) is 0. The van der Waals surface area contributed by atoms with E-state index in [1.54, 1.807) is 7.11 Å². The Balaban J connectivity index is 0.00000240. The van der Waals surface area contributed by atoms with Crippen molar-refractivity contribution in [2.24, 2.45) is 0 Å². The summed E-state index contributed by atoms with van der Waals surface area (Å²) in [4.78, 5) is 4.88. The highest BCUT2D eigenvalue weighted by atomic mass is 35.5. The minimum atomic E-state index is 0. The molecule has 0 amide bonds. The van der Waals surface area contributed by atoms with Crippen LogP contribution in [0.25, 0.3) is 11.0 Å². The van der Waals surface area contributed by atoms with E-state index in [-0.39, 0.29) is 12.4 Å². The van der Waals surface area contributed by atoms with Crippen LogP contribution in [-0.2, 0) is 13.0 Å². The molecule has 1 heterocycles. The smallest absolute Gasteiger partial charge is 0.119 e. The molecule has 0 aliphatic carbocycles. The number of hydrogen-bond donors (Lipinski definition) is 0. The Kier molecular flexibility index (Phi) is 7.14. The number of para-hydroxylation sites is 3. The van der Waals surface area contributed by atoms with Crippen LogP contribution in [0.5, 0.6) is 11.5 Å². The van der Waals surface area contributed by atoms with Gasteiger partial charge in [0.1, 0.15) is 17.3 Å². The maximum Gasteiger partial charge on any atom is 0.119 e. The molecule has 0 fully saturated rings. The predicted octanol–water partition coefficient (Wildman–Crippen LogP) is 2.11. The first kappa shape index (κ1) is 20.7. The molecule has 0 aliphatic heterocycles. The molecule has 0 N–H and O–H groups in total. The van der Waals surface area contributed by atoms with Gasteiger partial charge in [0.05, 0.1) is 24.8 Å². The van der Waals surface area contributed by atoms with Gasteiger partial charge in [-0.25, -0.2) is 4.98 Å². The predicted molar refractivity (Wildman–Crippen MR) is 112 cm³/mol.